The van der Waals surface area contributed by atoms with Crippen LogP contribution in [-0.4, -0.2) is 54.9 Å². The second-order valence-electron chi connectivity index (χ2n) is 10.6. The van der Waals surface area contributed by atoms with Gasteiger partial charge in [-0.15, -0.1) is 11.3 Å². The smallest absolute Gasteiger partial charge is 0.266 e. The molecule has 0 bridgehead atoms. The van der Waals surface area contributed by atoms with Crippen molar-refractivity contribution in [2.24, 2.45) is 5.73 Å². The molecule has 1 saturated carbocycles. The summed E-state index contributed by atoms with van der Waals surface area (Å²) in [5.41, 5.74) is 8.72. The molecule has 0 saturated heterocycles. The molecule has 0 spiro atoms. The van der Waals surface area contributed by atoms with Gasteiger partial charge in [-0.25, -0.2) is 0 Å². The van der Waals surface area contributed by atoms with E-state index < -0.39 is 5.91 Å². The first kappa shape index (κ1) is 28.1. The molecule has 8 heteroatoms. The van der Waals surface area contributed by atoms with Crippen molar-refractivity contribution in [3.63, 3.8) is 0 Å². The molecule has 0 unspecified atom stereocenters. The Morgan fingerprint density at radius 2 is 1.60 bits per heavy atom. The summed E-state index contributed by atoms with van der Waals surface area (Å²) >= 11 is 8.25. The molecule has 1 aromatic heterocycles. The molecule has 2 amide bonds. The fraction of sp³-hybridized carbons (Fsp3) is 0.312. The standard InChI is InChI=1S/C32H34ClN3O3S/c1-35(2)24-13-15-25(16-14-24)36(32(38)30-29(33)26-6-4-5-7-28(26)40-30)19-23-18-22(12-17-27(23)39-3)20-8-10-21(11-9-20)31(34)37/h4-12,17-18,24-25H,13-16,19H2,1-3H3,(H2,34,37). The van der Waals surface area contributed by atoms with Crippen LogP contribution in [0.4, 0.5) is 0 Å². The van der Waals surface area contributed by atoms with Crippen LogP contribution in [0.15, 0.2) is 66.7 Å². The summed E-state index contributed by atoms with van der Waals surface area (Å²) in [5.74, 6) is 0.220. The molecular formula is C32H34ClN3O3S. The molecule has 1 aliphatic rings. The Labute approximate surface area is 244 Å². The van der Waals surface area contributed by atoms with Gasteiger partial charge in [0.15, 0.2) is 0 Å². The van der Waals surface area contributed by atoms with Crippen LogP contribution >= 0.6 is 22.9 Å². The highest BCUT2D eigenvalue weighted by atomic mass is 35.5. The summed E-state index contributed by atoms with van der Waals surface area (Å²) in [4.78, 5) is 30.7. The van der Waals surface area contributed by atoms with Crippen LogP contribution in [0.25, 0.3) is 21.2 Å². The number of halogens is 1. The predicted octanol–water partition coefficient (Wildman–Crippen LogP) is 6.84. The van der Waals surface area contributed by atoms with E-state index in [1.165, 1.54) is 11.3 Å². The molecule has 4 aromatic rings. The normalized spacial score (nSPS) is 17.2. The number of carbonyl (C=O) groups excluding carboxylic acids is 2. The van der Waals surface area contributed by atoms with Gasteiger partial charge in [0.05, 0.1) is 12.1 Å². The van der Waals surface area contributed by atoms with Crippen LogP contribution in [0.5, 0.6) is 5.75 Å². The van der Waals surface area contributed by atoms with Crippen LogP contribution < -0.4 is 10.5 Å². The van der Waals surface area contributed by atoms with Crippen LogP contribution in [0.1, 0.15) is 51.3 Å². The van der Waals surface area contributed by atoms with E-state index in [0.29, 0.717) is 28.0 Å². The van der Waals surface area contributed by atoms with Gasteiger partial charge in [0.2, 0.25) is 5.91 Å². The van der Waals surface area contributed by atoms with E-state index in [1.807, 2.05) is 53.4 Å². The second kappa shape index (κ2) is 12.0. The van der Waals surface area contributed by atoms with Gasteiger partial charge in [-0.05, 0) is 81.2 Å². The predicted molar refractivity (Wildman–Crippen MR) is 163 cm³/mol. The molecule has 1 heterocycles. The van der Waals surface area contributed by atoms with Gasteiger partial charge in [-0.1, -0.05) is 48.0 Å². The maximum atomic E-state index is 14.3. The summed E-state index contributed by atoms with van der Waals surface area (Å²) in [6.45, 7) is 0.400. The minimum absolute atomic E-state index is 0.0437. The summed E-state index contributed by atoms with van der Waals surface area (Å²) in [6.07, 6.45) is 3.91. The fourth-order valence-electron chi connectivity index (χ4n) is 5.63. The number of amides is 2. The van der Waals surface area contributed by atoms with E-state index in [-0.39, 0.29) is 11.9 Å². The van der Waals surface area contributed by atoms with E-state index in [2.05, 4.69) is 25.1 Å². The molecule has 5 rings (SSSR count). The minimum atomic E-state index is -0.458. The monoisotopic (exact) mass is 575 g/mol. The quantitative estimate of drug-likeness (QED) is 0.249. The highest BCUT2D eigenvalue weighted by molar-refractivity contribution is 7.21. The van der Waals surface area contributed by atoms with Gasteiger partial charge in [-0.3, -0.25) is 9.59 Å². The van der Waals surface area contributed by atoms with Crippen LogP contribution in [-0.2, 0) is 6.54 Å². The number of thiophene rings is 1. The van der Waals surface area contributed by atoms with Crippen molar-refractivity contribution in [2.45, 2.75) is 44.3 Å². The molecule has 6 nitrogen and oxygen atoms in total. The SMILES string of the molecule is COc1ccc(-c2ccc(C(N)=O)cc2)cc1CN(C(=O)c1sc2ccccc2c1Cl)C1CCC(N(C)C)CC1. The highest BCUT2D eigenvalue weighted by Crippen LogP contribution is 2.38. The Hall–Kier alpha value is -3.39. The Balaban J connectivity index is 1.51. The lowest BCUT2D eigenvalue weighted by Crippen LogP contribution is -2.44. The maximum absolute atomic E-state index is 14.3. The molecule has 208 valence electrons. The van der Waals surface area contributed by atoms with Crippen molar-refractivity contribution in [1.29, 1.82) is 0 Å². The van der Waals surface area contributed by atoms with Gasteiger partial charge in [0.1, 0.15) is 10.6 Å². The lowest BCUT2D eigenvalue weighted by Gasteiger charge is -2.39. The van der Waals surface area contributed by atoms with Gasteiger partial charge in [-0.2, -0.15) is 0 Å². The highest BCUT2D eigenvalue weighted by Gasteiger charge is 2.33. The first-order valence-electron chi connectivity index (χ1n) is 13.5. The Kier molecular flexibility index (Phi) is 8.45. The van der Waals surface area contributed by atoms with E-state index in [9.17, 15) is 9.59 Å². The van der Waals surface area contributed by atoms with E-state index >= 15 is 0 Å². The lowest BCUT2D eigenvalue weighted by atomic mass is 9.89. The van der Waals surface area contributed by atoms with E-state index in [0.717, 1.165) is 58.2 Å². The Bertz CT molecular complexity index is 1520. The van der Waals surface area contributed by atoms with Crippen molar-refractivity contribution in [2.75, 3.05) is 21.2 Å². The van der Waals surface area contributed by atoms with Gasteiger partial charge < -0.3 is 20.3 Å². The number of nitrogens with two attached hydrogens (primary N) is 1. The van der Waals surface area contributed by atoms with Gasteiger partial charge in [0.25, 0.3) is 5.91 Å². The van der Waals surface area contributed by atoms with Crippen molar-refractivity contribution in [1.82, 2.24) is 9.80 Å². The number of carbonyl (C=O) groups is 2. The van der Waals surface area contributed by atoms with E-state index in [4.69, 9.17) is 22.1 Å². The summed E-state index contributed by atoms with van der Waals surface area (Å²) in [5, 5.41) is 1.43. The average Bonchev–Trinajstić information content (AvgIpc) is 3.31. The average molecular weight is 576 g/mol. The zero-order chi connectivity index (χ0) is 28.4. The zero-order valence-corrected chi connectivity index (χ0v) is 24.6. The first-order chi connectivity index (χ1) is 19.3. The third kappa shape index (κ3) is 5.73. The fourth-order valence-corrected chi connectivity index (χ4v) is 7.10. The van der Waals surface area contributed by atoms with Crippen molar-refractivity contribution in [3.8, 4) is 16.9 Å². The van der Waals surface area contributed by atoms with Crippen molar-refractivity contribution in [3.05, 3.63) is 87.8 Å². The zero-order valence-electron chi connectivity index (χ0n) is 23.0. The number of methoxy groups -OCH3 is 1. The topological polar surface area (TPSA) is 75.9 Å². The Morgan fingerprint density at radius 3 is 2.23 bits per heavy atom. The number of fused-ring (bicyclic) bond motifs is 1. The molecule has 2 N–H and O–H groups in total. The lowest BCUT2D eigenvalue weighted by molar-refractivity contribution is 0.0573. The maximum Gasteiger partial charge on any atom is 0.266 e. The first-order valence-corrected chi connectivity index (χ1v) is 14.7. The summed E-state index contributed by atoms with van der Waals surface area (Å²) < 4.78 is 6.76. The third-order valence-corrected chi connectivity index (χ3v) is 9.61. The second-order valence-corrected chi connectivity index (χ2v) is 12.0. The van der Waals surface area contributed by atoms with Gasteiger partial charge in [0, 0.05) is 39.8 Å². The number of hydrogen-bond acceptors (Lipinski definition) is 5. The summed E-state index contributed by atoms with van der Waals surface area (Å²) in [7, 11) is 5.89. The summed E-state index contributed by atoms with van der Waals surface area (Å²) in [6, 6.07) is 21.7. The molecular weight excluding hydrogens is 542 g/mol. The van der Waals surface area contributed by atoms with Gasteiger partial charge >= 0.3 is 0 Å². The Morgan fingerprint density at radius 1 is 0.950 bits per heavy atom. The molecule has 1 fully saturated rings. The van der Waals surface area contributed by atoms with E-state index in [1.54, 1.807) is 19.2 Å². The van der Waals surface area contributed by atoms with Crippen LogP contribution in [0.2, 0.25) is 5.02 Å². The van der Waals surface area contributed by atoms with Crippen LogP contribution in [0.3, 0.4) is 0 Å². The number of ether oxygens (including phenoxy) is 1. The molecule has 0 aliphatic heterocycles. The number of hydrogen-bond donors (Lipinski definition) is 1. The number of rotatable bonds is 8. The number of primary amides is 1. The minimum Gasteiger partial charge on any atom is -0.496 e. The largest absolute Gasteiger partial charge is 0.496 e. The third-order valence-electron chi connectivity index (χ3n) is 7.95. The molecule has 3 aromatic carbocycles. The molecule has 0 radical (unpaired) electrons. The number of benzene rings is 3. The van der Waals surface area contributed by atoms with Crippen LogP contribution in [0, 0.1) is 0 Å². The van der Waals surface area contributed by atoms with Crippen molar-refractivity contribution >= 4 is 44.8 Å². The molecule has 40 heavy (non-hydrogen) atoms. The molecule has 0 atom stereocenters. The van der Waals surface area contributed by atoms with Crippen molar-refractivity contribution < 1.29 is 14.3 Å². The molecule has 1 aliphatic carbocycles. The number of nitrogens with zero attached hydrogens (tertiary/aromatic N) is 2.